The molecule has 1 aliphatic rings. The summed E-state index contributed by atoms with van der Waals surface area (Å²) in [6.07, 6.45) is 4.27. The molecule has 2 heterocycles. The van der Waals surface area contributed by atoms with E-state index < -0.39 is 0 Å². The minimum Gasteiger partial charge on any atom is -0.374 e. The van der Waals surface area contributed by atoms with E-state index in [1.54, 1.807) is 0 Å². The second-order valence-electron chi connectivity index (χ2n) is 3.55. The van der Waals surface area contributed by atoms with Gasteiger partial charge in [0.15, 0.2) is 0 Å². The van der Waals surface area contributed by atoms with Gasteiger partial charge in [0.2, 0.25) is 0 Å². The van der Waals surface area contributed by atoms with Crippen molar-refractivity contribution in [1.29, 1.82) is 0 Å². The summed E-state index contributed by atoms with van der Waals surface area (Å²) in [5, 5.41) is 6.68. The van der Waals surface area contributed by atoms with E-state index in [9.17, 15) is 0 Å². The van der Waals surface area contributed by atoms with E-state index in [-0.39, 0.29) is 0 Å². The number of hydrogen-bond donors (Lipinski definition) is 3. The summed E-state index contributed by atoms with van der Waals surface area (Å²) in [7, 11) is 0. The standard InChI is InChI=1S/C10H17N3O/c1-2-11-5-9(1)6-13-8-10-7-12-3-4-14-10/h1-2,5,10-13H,3-4,6-8H2. The first kappa shape index (κ1) is 9.71. The number of aromatic amines is 1. The van der Waals surface area contributed by atoms with Gasteiger partial charge in [0, 0.05) is 38.6 Å². The molecule has 4 nitrogen and oxygen atoms in total. The van der Waals surface area contributed by atoms with Gasteiger partial charge in [-0.1, -0.05) is 0 Å². The van der Waals surface area contributed by atoms with E-state index >= 15 is 0 Å². The van der Waals surface area contributed by atoms with Crippen LogP contribution in [0.2, 0.25) is 0 Å². The number of hydrogen-bond acceptors (Lipinski definition) is 3. The topological polar surface area (TPSA) is 49.1 Å². The average molecular weight is 195 g/mol. The summed E-state index contributed by atoms with van der Waals surface area (Å²) < 4.78 is 5.56. The SMILES string of the molecule is c1cc(CNCC2CNCCO2)c[nH]1. The molecule has 78 valence electrons. The Morgan fingerprint density at radius 2 is 2.57 bits per heavy atom. The van der Waals surface area contributed by atoms with E-state index in [4.69, 9.17) is 4.74 Å². The van der Waals surface area contributed by atoms with Crippen LogP contribution in [0.4, 0.5) is 0 Å². The van der Waals surface area contributed by atoms with Crippen LogP contribution in [0.3, 0.4) is 0 Å². The van der Waals surface area contributed by atoms with Crippen molar-refractivity contribution in [3.05, 3.63) is 24.0 Å². The summed E-state index contributed by atoms with van der Waals surface area (Å²) in [6, 6.07) is 2.08. The molecule has 14 heavy (non-hydrogen) atoms. The molecule has 0 spiro atoms. The van der Waals surface area contributed by atoms with Crippen molar-refractivity contribution in [2.24, 2.45) is 0 Å². The van der Waals surface area contributed by atoms with Crippen molar-refractivity contribution < 1.29 is 4.74 Å². The minimum absolute atomic E-state index is 0.322. The predicted octanol–water partition coefficient (Wildman–Crippen LogP) is 0.0927. The average Bonchev–Trinajstić information content (AvgIpc) is 2.72. The molecule has 0 radical (unpaired) electrons. The second kappa shape index (κ2) is 5.14. The lowest BCUT2D eigenvalue weighted by Crippen LogP contribution is -2.43. The highest BCUT2D eigenvalue weighted by Crippen LogP contribution is 1.97. The first-order chi connectivity index (χ1) is 6.95. The van der Waals surface area contributed by atoms with Crippen molar-refractivity contribution in [1.82, 2.24) is 15.6 Å². The molecule has 1 atom stereocenters. The molecule has 1 unspecified atom stereocenters. The molecule has 1 aromatic heterocycles. The van der Waals surface area contributed by atoms with Gasteiger partial charge in [-0.05, 0) is 11.6 Å². The quantitative estimate of drug-likeness (QED) is 0.638. The Morgan fingerprint density at radius 1 is 1.57 bits per heavy atom. The van der Waals surface area contributed by atoms with Crippen LogP contribution in [0.25, 0.3) is 0 Å². The normalized spacial score (nSPS) is 22.4. The molecule has 0 bridgehead atoms. The lowest BCUT2D eigenvalue weighted by atomic mass is 10.3. The highest BCUT2D eigenvalue weighted by molar-refractivity contribution is 5.07. The zero-order valence-electron chi connectivity index (χ0n) is 8.25. The highest BCUT2D eigenvalue weighted by atomic mass is 16.5. The third-order valence-electron chi connectivity index (χ3n) is 2.37. The van der Waals surface area contributed by atoms with Gasteiger partial charge in [-0.2, -0.15) is 0 Å². The molecule has 1 aromatic rings. The maximum atomic E-state index is 5.56. The number of morpholine rings is 1. The number of nitrogens with one attached hydrogen (secondary N) is 3. The van der Waals surface area contributed by atoms with Crippen molar-refractivity contribution in [3.63, 3.8) is 0 Å². The van der Waals surface area contributed by atoms with Crippen LogP contribution in [0, 0.1) is 0 Å². The lowest BCUT2D eigenvalue weighted by molar-refractivity contribution is 0.0291. The van der Waals surface area contributed by atoms with Crippen molar-refractivity contribution in [2.45, 2.75) is 12.6 Å². The Hall–Kier alpha value is -0.840. The Labute approximate surface area is 84.0 Å². The van der Waals surface area contributed by atoms with Crippen molar-refractivity contribution in [3.8, 4) is 0 Å². The van der Waals surface area contributed by atoms with Crippen LogP contribution in [-0.4, -0.2) is 37.3 Å². The maximum absolute atomic E-state index is 5.56. The number of rotatable bonds is 4. The third-order valence-corrected chi connectivity index (χ3v) is 2.37. The van der Waals surface area contributed by atoms with E-state index in [1.807, 2.05) is 12.4 Å². The van der Waals surface area contributed by atoms with Crippen LogP contribution in [0.5, 0.6) is 0 Å². The van der Waals surface area contributed by atoms with Crippen LogP contribution in [0.15, 0.2) is 18.5 Å². The molecule has 3 N–H and O–H groups in total. The molecule has 2 rings (SSSR count). The number of aromatic nitrogens is 1. The van der Waals surface area contributed by atoms with Gasteiger partial charge >= 0.3 is 0 Å². The monoisotopic (exact) mass is 195 g/mol. The van der Waals surface area contributed by atoms with E-state index in [0.717, 1.165) is 32.8 Å². The Balaban J connectivity index is 1.62. The number of ether oxygens (including phenoxy) is 1. The zero-order chi connectivity index (χ0) is 9.64. The fraction of sp³-hybridized carbons (Fsp3) is 0.600. The van der Waals surface area contributed by atoms with E-state index in [2.05, 4.69) is 21.7 Å². The van der Waals surface area contributed by atoms with E-state index in [0.29, 0.717) is 6.10 Å². The lowest BCUT2D eigenvalue weighted by Gasteiger charge is -2.23. The van der Waals surface area contributed by atoms with Crippen molar-refractivity contribution in [2.75, 3.05) is 26.2 Å². The van der Waals surface area contributed by atoms with Crippen LogP contribution < -0.4 is 10.6 Å². The van der Waals surface area contributed by atoms with Crippen molar-refractivity contribution >= 4 is 0 Å². The van der Waals surface area contributed by atoms with Gasteiger partial charge in [-0.25, -0.2) is 0 Å². The Bertz CT molecular complexity index is 242. The highest BCUT2D eigenvalue weighted by Gasteiger charge is 2.11. The smallest absolute Gasteiger partial charge is 0.0824 e. The number of H-pyrrole nitrogens is 1. The molecule has 1 aliphatic heterocycles. The third kappa shape index (κ3) is 2.83. The van der Waals surface area contributed by atoms with Gasteiger partial charge in [0.25, 0.3) is 0 Å². The van der Waals surface area contributed by atoms with Gasteiger partial charge in [-0.15, -0.1) is 0 Å². The molecule has 1 fully saturated rings. The van der Waals surface area contributed by atoms with Gasteiger partial charge in [0.1, 0.15) is 0 Å². The fourth-order valence-electron chi connectivity index (χ4n) is 1.60. The Morgan fingerprint density at radius 3 is 3.29 bits per heavy atom. The summed E-state index contributed by atoms with van der Waals surface area (Å²) in [4.78, 5) is 3.03. The molecule has 1 saturated heterocycles. The summed E-state index contributed by atoms with van der Waals surface area (Å²) in [5.41, 5.74) is 1.29. The first-order valence-corrected chi connectivity index (χ1v) is 5.10. The zero-order valence-corrected chi connectivity index (χ0v) is 8.25. The minimum atomic E-state index is 0.322. The van der Waals surface area contributed by atoms with Gasteiger partial charge < -0.3 is 20.4 Å². The molecule has 0 saturated carbocycles. The summed E-state index contributed by atoms with van der Waals surface area (Å²) >= 11 is 0. The molecule has 0 aliphatic carbocycles. The van der Waals surface area contributed by atoms with Crippen LogP contribution in [-0.2, 0) is 11.3 Å². The van der Waals surface area contributed by atoms with Gasteiger partial charge in [-0.3, -0.25) is 0 Å². The molecule has 0 aromatic carbocycles. The fourth-order valence-corrected chi connectivity index (χ4v) is 1.60. The van der Waals surface area contributed by atoms with Crippen LogP contribution >= 0.6 is 0 Å². The van der Waals surface area contributed by atoms with Gasteiger partial charge in [0.05, 0.1) is 12.7 Å². The second-order valence-corrected chi connectivity index (χ2v) is 3.55. The molecule has 4 heteroatoms. The molecule has 0 amide bonds. The molecular formula is C10H17N3O. The van der Waals surface area contributed by atoms with E-state index in [1.165, 1.54) is 5.56 Å². The molecular weight excluding hydrogens is 178 g/mol. The van der Waals surface area contributed by atoms with Crippen LogP contribution in [0.1, 0.15) is 5.56 Å². The largest absolute Gasteiger partial charge is 0.374 e. The summed E-state index contributed by atoms with van der Waals surface area (Å²) in [6.45, 7) is 4.59. The first-order valence-electron chi connectivity index (χ1n) is 5.10. The maximum Gasteiger partial charge on any atom is 0.0824 e. The Kier molecular flexibility index (Phi) is 3.57. The predicted molar refractivity (Wildman–Crippen MR) is 55.1 cm³/mol. The summed E-state index contributed by atoms with van der Waals surface area (Å²) in [5.74, 6) is 0.